The molecule has 0 spiro atoms. The Kier molecular flexibility index (Phi) is 5.29. The average Bonchev–Trinajstić information content (AvgIpc) is 1.96. The Morgan fingerprint density at radius 2 is 1.35 bits per heavy atom. The fraction of sp³-hybridized carbons (Fsp3) is 0.583. The first-order chi connectivity index (χ1) is 7.43. The monoisotopic (exact) mass is 259 g/mol. The minimum atomic E-state index is -3.84. The third-order valence-corrected chi connectivity index (χ3v) is 3.55. The maximum absolute atomic E-state index is 10.2. The van der Waals surface area contributed by atoms with E-state index in [-0.39, 0.29) is 0 Å². The van der Waals surface area contributed by atoms with Gasteiger partial charge in [-0.15, -0.1) is 0 Å². The fourth-order valence-corrected chi connectivity index (χ4v) is 1.04. The zero-order valence-corrected chi connectivity index (χ0v) is 12.1. The van der Waals surface area contributed by atoms with Crippen LogP contribution in [0, 0.1) is 20.8 Å². The minimum Gasteiger partial charge on any atom is -0.285 e. The molecular formula is C12H21NO3S. The molecule has 1 aromatic heterocycles. The Bertz CT molecular complexity index is 423. The summed E-state index contributed by atoms with van der Waals surface area (Å²) in [5.74, 6) is 0. The Balaban J connectivity index is 0.000000304. The van der Waals surface area contributed by atoms with E-state index in [4.69, 9.17) is 4.55 Å². The smallest absolute Gasteiger partial charge is 0.269 e. The Morgan fingerprint density at radius 3 is 1.53 bits per heavy atom. The van der Waals surface area contributed by atoms with Crippen LogP contribution in [0.2, 0.25) is 0 Å². The van der Waals surface area contributed by atoms with E-state index in [1.165, 1.54) is 26.3 Å². The highest BCUT2D eigenvalue weighted by molar-refractivity contribution is 7.87. The average molecular weight is 259 g/mol. The molecule has 5 heteroatoms. The maximum atomic E-state index is 10.2. The molecule has 0 fully saturated rings. The fourth-order valence-electron chi connectivity index (χ4n) is 1.04. The SMILES string of the molecule is CC(C)(C)S(=O)(=O)O.Cc1cc(C)nc(C)c1. The third kappa shape index (κ3) is 6.38. The van der Waals surface area contributed by atoms with Gasteiger partial charge in [0.05, 0.1) is 4.75 Å². The van der Waals surface area contributed by atoms with Gasteiger partial charge in [-0.1, -0.05) is 0 Å². The van der Waals surface area contributed by atoms with E-state index in [0.29, 0.717) is 0 Å². The molecule has 17 heavy (non-hydrogen) atoms. The van der Waals surface area contributed by atoms with Gasteiger partial charge in [0, 0.05) is 11.4 Å². The van der Waals surface area contributed by atoms with Crippen LogP contribution >= 0.6 is 0 Å². The number of aromatic nitrogens is 1. The molecule has 4 nitrogen and oxygen atoms in total. The summed E-state index contributed by atoms with van der Waals surface area (Å²) in [4.78, 5) is 4.23. The first-order valence-electron chi connectivity index (χ1n) is 5.32. The summed E-state index contributed by atoms with van der Waals surface area (Å²) in [5.41, 5.74) is 3.50. The van der Waals surface area contributed by atoms with Crippen LogP contribution < -0.4 is 0 Å². The summed E-state index contributed by atoms with van der Waals surface area (Å²) in [5, 5.41) is 0. The first-order valence-corrected chi connectivity index (χ1v) is 6.76. The number of hydrogen-bond donors (Lipinski definition) is 1. The van der Waals surface area contributed by atoms with Crippen LogP contribution in [0.15, 0.2) is 12.1 Å². The predicted molar refractivity (Wildman–Crippen MR) is 69.7 cm³/mol. The van der Waals surface area contributed by atoms with Crippen molar-refractivity contribution in [1.29, 1.82) is 0 Å². The molecule has 0 atom stereocenters. The van der Waals surface area contributed by atoms with Gasteiger partial charge in [0.15, 0.2) is 0 Å². The van der Waals surface area contributed by atoms with Crippen molar-refractivity contribution < 1.29 is 13.0 Å². The molecule has 0 amide bonds. The van der Waals surface area contributed by atoms with E-state index < -0.39 is 14.9 Å². The van der Waals surface area contributed by atoms with Crippen molar-refractivity contribution in [1.82, 2.24) is 4.98 Å². The van der Waals surface area contributed by atoms with Crippen LogP contribution in [-0.4, -0.2) is 22.7 Å². The highest BCUT2D eigenvalue weighted by Gasteiger charge is 2.25. The van der Waals surface area contributed by atoms with Crippen LogP contribution in [-0.2, 0) is 10.1 Å². The molecule has 0 aliphatic carbocycles. The third-order valence-electron chi connectivity index (χ3n) is 2.00. The van der Waals surface area contributed by atoms with Crippen molar-refractivity contribution in [3.63, 3.8) is 0 Å². The van der Waals surface area contributed by atoms with Gasteiger partial charge < -0.3 is 0 Å². The van der Waals surface area contributed by atoms with Crippen molar-refractivity contribution in [3.05, 3.63) is 29.1 Å². The van der Waals surface area contributed by atoms with Gasteiger partial charge in [0.25, 0.3) is 10.1 Å². The van der Waals surface area contributed by atoms with E-state index in [1.807, 2.05) is 13.8 Å². The molecule has 0 bridgehead atoms. The summed E-state index contributed by atoms with van der Waals surface area (Å²) in [6, 6.07) is 4.15. The highest BCUT2D eigenvalue weighted by Crippen LogP contribution is 2.11. The van der Waals surface area contributed by atoms with E-state index in [9.17, 15) is 8.42 Å². The van der Waals surface area contributed by atoms with Gasteiger partial charge >= 0.3 is 0 Å². The molecule has 0 aromatic carbocycles. The first kappa shape index (κ1) is 16.1. The second-order valence-corrected chi connectivity index (χ2v) is 7.19. The van der Waals surface area contributed by atoms with E-state index in [2.05, 4.69) is 24.0 Å². The van der Waals surface area contributed by atoms with E-state index >= 15 is 0 Å². The van der Waals surface area contributed by atoms with Gasteiger partial charge in [-0.05, 0) is 59.2 Å². The van der Waals surface area contributed by atoms with Gasteiger partial charge in [-0.25, -0.2) is 0 Å². The van der Waals surface area contributed by atoms with Crippen LogP contribution in [0.4, 0.5) is 0 Å². The highest BCUT2D eigenvalue weighted by atomic mass is 32.2. The second-order valence-electron chi connectivity index (χ2n) is 5.01. The molecule has 1 N–H and O–H groups in total. The van der Waals surface area contributed by atoms with Crippen LogP contribution in [0.5, 0.6) is 0 Å². The summed E-state index contributed by atoms with van der Waals surface area (Å²) < 4.78 is 27.7. The van der Waals surface area contributed by atoms with Crippen LogP contribution in [0.1, 0.15) is 37.7 Å². The van der Waals surface area contributed by atoms with Crippen LogP contribution in [0.3, 0.4) is 0 Å². The van der Waals surface area contributed by atoms with Gasteiger partial charge in [-0.3, -0.25) is 9.54 Å². The molecule has 0 saturated heterocycles. The molecule has 1 heterocycles. The summed E-state index contributed by atoms with van der Waals surface area (Å²) in [7, 11) is -3.84. The molecule has 0 radical (unpaired) electrons. The maximum Gasteiger partial charge on any atom is 0.269 e. The molecular weight excluding hydrogens is 238 g/mol. The molecule has 1 aromatic rings. The van der Waals surface area contributed by atoms with Crippen molar-refractivity contribution in [2.24, 2.45) is 0 Å². The molecule has 1 rings (SSSR count). The number of nitrogens with zero attached hydrogens (tertiary/aromatic N) is 1. The molecule has 98 valence electrons. The second kappa shape index (κ2) is 5.60. The lowest BCUT2D eigenvalue weighted by Gasteiger charge is -2.12. The lowest BCUT2D eigenvalue weighted by molar-refractivity contribution is 0.450. The van der Waals surface area contributed by atoms with Crippen molar-refractivity contribution in [2.75, 3.05) is 0 Å². The molecule has 0 unspecified atom stereocenters. The lowest BCUT2D eigenvalue weighted by atomic mass is 10.2. The molecule has 0 aliphatic heterocycles. The minimum absolute atomic E-state index is 1.03. The van der Waals surface area contributed by atoms with Crippen molar-refractivity contribution >= 4 is 10.1 Å². The zero-order chi connectivity index (χ0) is 13.9. The summed E-state index contributed by atoms with van der Waals surface area (Å²) >= 11 is 0. The van der Waals surface area contributed by atoms with Gasteiger partial charge in [0.1, 0.15) is 0 Å². The number of hydrogen-bond acceptors (Lipinski definition) is 3. The number of pyridine rings is 1. The largest absolute Gasteiger partial charge is 0.285 e. The zero-order valence-electron chi connectivity index (χ0n) is 11.3. The summed E-state index contributed by atoms with van der Waals surface area (Å²) in [6.07, 6.45) is 0. The van der Waals surface area contributed by atoms with E-state index in [0.717, 1.165) is 11.4 Å². The Morgan fingerprint density at radius 1 is 1.06 bits per heavy atom. The number of aryl methyl sites for hydroxylation is 3. The van der Waals surface area contributed by atoms with Gasteiger partial charge in [-0.2, -0.15) is 8.42 Å². The van der Waals surface area contributed by atoms with Crippen molar-refractivity contribution in [3.8, 4) is 0 Å². The molecule has 0 aliphatic rings. The Hall–Kier alpha value is -0.940. The van der Waals surface area contributed by atoms with Crippen molar-refractivity contribution in [2.45, 2.75) is 46.3 Å². The summed E-state index contributed by atoms with van der Waals surface area (Å²) in [6.45, 7) is 10.4. The predicted octanol–water partition coefficient (Wildman–Crippen LogP) is 2.68. The standard InChI is InChI=1S/C8H11N.C4H10O3S/c1-6-4-7(2)9-8(3)5-6;1-4(2,3)8(5,6)7/h4-5H,1-3H3;1-3H3,(H,5,6,7). The van der Waals surface area contributed by atoms with E-state index in [1.54, 1.807) is 0 Å². The van der Waals surface area contributed by atoms with Crippen LogP contribution in [0.25, 0.3) is 0 Å². The topological polar surface area (TPSA) is 67.3 Å². The van der Waals surface area contributed by atoms with Gasteiger partial charge in [0.2, 0.25) is 0 Å². The lowest BCUT2D eigenvalue weighted by Crippen LogP contribution is -2.26. The molecule has 0 saturated carbocycles. The Labute approximate surface area is 104 Å². The normalized spacial score (nSPS) is 11.7. The number of rotatable bonds is 0. The quantitative estimate of drug-likeness (QED) is 0.727.